The maximum atomic E-state index is 13.7. The molecule has 1 heterocycles. The van der Waals surface area contributed by atoms with E-state index in [-0.39, 0.29) is 36.2 Å². The van der Waals surface area contributed by atoms with Gasteiger partial charge in [0.15, 0.2) is 11.6 Å². The zero-order valence-corrected chi connectivity index (χ0v) is 12.4. The predicted molar refractivity (Wildman–Crippen MR) is 78.5 cm³/mol. The van der Waals surface area contributed by atoms with E-state index in [4.69, 9.17) is 0 Å². The zero-order chi connectivity index (χ0) is 14.1. The topological polar surface area (TPSA) is 41.1 Å². The summed E-state index contributed by atoms with van der Waals surface area (Å²) in [4.78, 5) is 12.1. The summed E-state index contributed by atoms with van der Waals surface area (Å²) in [5, 5.41) is 6.23. The van der Waals surface area contributed by atoms with Crippen molar-refractivity contribution in [2.45, 2.75) is 31.2 Å². The number of amides is 1. The Bertz CT molecular complexity index is 520. The number of benzene rings is 1. The number of nitrogens with one attached hydrogen (secondary N) is 2. The predicted octanol–water partition coefficient (Wildman–Crippen LogP) is 2.36. The van der Waals surface area contributed by atoms with Crippen molar-refractivity contribution in [3.63, 3.8) is 0 Å². The van der Waals surface area contributed by atoms with Gasteiger partial charge in [0.05, 0.1) is 0 Å². The Hall–Kier alpha value is -1.20. The van der Waals surface area contributed by atoms with Gasteiger partial charge in [0.25, 0.3) is 0 Å². The highest BCUT2D eigenvalue weighted by atomic mass is 35.5. The molecule has 2 unspecified atom stereocenters. The average molecular weight is 317 g/mol. The Balaban J connectivity index is 0.00000161. The molecule has 2 N–H and O–H groups in total. The van der Waals surface area contributed by atoms with Crippen LogP contribution in [-0.4, -0.2) is 25.0 Å². The number of rotatable bonds is 3. The van der Waals surface area contributed by atoms with Gasteiger partial charge in [0.1, 0.15) is 0 Å². The van der Waals surface area contributed by atoms with Crippen molar-refractivity contribution in [2.75, 3.05) is 13.1 Å². The molecule has 1 saturated carbocycles. The Morgan fingerprint density at radius 2 is 2.14 bits per heavy atom. The fourth-order valence-electron chi connectivity index (χ4n) is 2.92. The third kappa shape index (κ3) is 3.52. The lowest BCUT2D eigenvalue weighted by molar-refractivity contribution is -0.123. The van der Waals surface area contributed by atoms with Crippen LogP contribution in [0.3, 0.4) is 0 Å². The summed E-state index contributed by atoms with van der Waals surface area (Å²) >= 11 is 0. The van der Waals surface area contributed by atoms with E-state index in [1.165, 1.54) is 6.07 Å². The van der Waals surface area contributed by atoms with Crippen molar-refractivity contribution in [3.05, 3.63) is 35.4 Å². The normalized spacial score (nSPS) is 27.6. The zero-order valence-electron chi connectivity index (χ0n) is 11.6. The highest BCUT2D eigenvalue weighted by molar-refractivity contribution is 5.85. The van der Waals surface area contributed by atoms with Crippen LogP contribution in [0.5, 0.6) is 0 Å². The maximum Gasteiger partial charge on any atom is 0.224 e. The second kappa shape index (κ2) is 6.71. The van der Waals surface area contributed by atoms with Gasteiger partial charge in [0, 0.05) is 18.5 Å². The molecule has 2 fully saturated rings. The quantitative estimate of drug-likeness (QED) is 0.899. The van der Waals surface area contributed by atoms with Gasteiger partial charge in [-0.1, -0.05) is 12.1 Å². The van der Waals surface area contributed by atoms with Crippen LogP contribution in [0.2, 0.25) is 0 Å². The molecule has 21 heavy (non-hydrogen) atoms. The number of hydrogen-bond donors (Lipinski definition) is 2. The molecule has 1 aliphatic carbocycles. The first-order chi connectivity index (χ1) is 9.66. The van der Waals surface area contributed by atoms with Crippen molar-refractivity contribution in [2.24, 2.45) is 5.92 Å². The van der Waals surface area contributed by atoms with Gasteiger partial charge in [-0.15, -0.1) is 12.4 Å². The molecule has 1 aromatic rings. The first kappa shape index (κ1) is 16.2. The van der Waals surface area contributed by atoms with Crippen LogP contribution in [0, 0.1) is 17.6 Å². The lowest BCUT2D eigenvalue weighted by Crippen LogP contribution is -2.46. The smallest absolute Gasteiger partial charge is 0.224 e. The van der Waals surface area contributed by atoms with Gasteiger partial charge in [-0.2, -0.15) is 0 Å². The van der Waals surface area contributed by atoms with E-state index >= 15 is 0 Å². The van der Waals surface area contributed by atoms with Crippen molar-refractivity contribution >= 4 is 18.3 Å². The molecule has 1 saturated heterocycles. The summed E-state index contributed by atoms with van der Waals surface area (Å²) in [5.41, 5.74) is 0.326. The highest BCUT2D eigenvalue weighted by Crippen LogP contribution is 2.48. The van der Waals surface area contributed by atoms with E-state index in [9.17, 15) is 13.6 Å². The van der Waals surface area contributed by atoms with Crippen LogP contribution in [-0.2, 0) is 4.79 Å². The van der Waals surface area contributed by atoms with E-state index in [0.29, 0.717) is 12.0 Å². The van der Waals surface area contributed by atoms with Crippen molar-refractivity contribution in [3.8, 4) is 0 Å². The van der Waals surface area contributed by atoms with Crippen LogP contribution in [0.25, 0.3) is 0 Å². The van der Waals surface area contributed by atoms with Crippen molar-refractivity contribution in [1.82, 2.24) is 10.6 Å². The van der Waals surface area contributed by atoms with E-state index in [1.807, 2.05) is 0 Å². The minimum atomic E-state index is -0.843. The molecule has 3 atom stereocenters. The summed E-state index contributed by atoms with van der Waals surface area (Å²) in [6, 6.07) is 4.32. The maximum absolute atomic E-state index is 13.7. The summed E-state index contributed by atoms with van der Waals surface area (Å²) in [7, 11) is 0. The van der Waals surface area contributed by atoms with Crippen LogP contribution in [0.4, 0.5) is 8.78 Å². The Morgan fingerprint density at radius 3 is 2.86 bits per heavy atom. The average Bonchev–Trinajstić information content (AvgIpc) is 3.23. The SMILES string of the molecule is Cl.O=C(N[C@H]1CCCNC1)C1CC1c1cccc(F)c1F. The molecule has 1 amide bonds. The monoisotopic (exact) mass is 316 g/mol. The van der Waals surface area contributed by atoms with E-state index in [1.54, 1.807) is 6.07 Å². The van der Waals surface area contributed by atoms with Gasteiger partial charge in [-0.05, 0) is 43.4 Å². The fourth-order valence-corrected chi connectivity index (χ4v) is 2.92. The Morgan fingerprint density at radius 1 is 1.33 bits per heavy atom. The molecule has 1 aliphatic heterocycles. The minimum Gasteiger partial charge on any atom is -0.352 e. The van der Waals surface area contributed by atoms with Gasteiger partial charge >= 0.3 is 0 Å². The molecule has 0 radical (unpaired) electrons. The van der Waals surface area contributed by atoms with Crippen LogP contribution < -0.4 is 10.6 Å². The summed E-state index contributed by atoms with van der Waals surface area (Å²) < 4.78 is 26.9. The van der Waals surface area contributed by atoms with E-state index in [0.717, 1.165) is 32.0 Å². The molecular weight excluding hydrogens is 298 g/mol. The van der Waals surface area contributed by atoms with Crippen molar-refractivity contribution in [1.29, 1.82) is 0 Å². The van der Waals surface area contributed by atoms with Gasteiger partial charge in [0.2, 0.25) is 5.91 Å². The standard InChI is InChI=1S/C15H18F2N2O.ClH/c16-13-5-1-4-10(14(13)17)11-7-12(11)15(20)19-9-3-2-6-18-8-9;/h1,4-5,9,11-12,18H,2-3,6-8H2,(H,19,20);1H/t9-,11?,12?;/m0./s1. The number of hydrogen-bond acceptors (Lipinski definition) is 2. The van der Waals surface area contributed by atoms with Gasteiger partial charge in [-0.25, -0.2) is 8.78 Å². The highest BCUT2D eigenvalue weighted by Gasteiger charge is 2.45. The third-order valence-corrected chi connectivity index (χ3v) is 4.15. The third-order valence-electron chi connectivity index (χ3n) is 4.15. The number of halogens is 3. The van der Waals surface area contributed by atoms with Crippen LogP contribution in [0.1, 0.15) is 30.7 Å². The molecule has 3 nitrogen and oxygen atoms in total. The van der Waals surface area contributed by atoms with E-state index in [2.05, 4.69) is 10.6 Å². The number of carbonyl (C=O) groups is 1. The number of carbonyl (C=O) groups excluding carboxylic acids is 1. The summed E-state index contributed by atoms with van der Waals surface area (Å²) in [6.45, 7) is 1.78. The second-order valence-corrected chi connectivity index (χ2v) is 5.64. The molecule has 116 valence electrons. The van der Waals surface area contributed by atoms with Crippen LogP contribution in [0.15, 0.2) is 18.2 Å². The van der Waals surface area contributed by atoms with Crippen molar-refractivity contribution < 1.29 is 13.6 Å². The summed E-state index contributed by atoms with van der Waals surface area (Å²) in [6.07, 6.45) is 2.63. The fraction of sp³-hybridized carbons (Fsp3) is 0.533. The molecular formula is C15H19ClF2N2O. The van der Waals surface area contributed by atoms with Crippen LogP contribution >= 0.6 is 12.4 Å². The lowest BCUT2D eigenvalue weighted by atomic mass is 10.1. The van der Waals surface area contributed by atoms with E-state index < -0.39 is 11.6 Å². The molecule has 0 aromatic heterocycles. The molecule has 2 aliphatic rings. The lowest BCUT2D eigenvalue weighted by Gasteiger charge is -2.23. The Kier molecular flexibility index (Phi) is 5.17. The minimum absolute atomic E-state index is 0. The van der Waals surface area contributed by atoms with Gasteiger partial charge in [-0.3, -0.25) is 4.79 Å². The summed E-state index contributed by atoms with van der Waals surface area (Å²) in [5.74, 6) is -2.08. The molecule has 3 rings (SSSR count). The van der Waals surface area contributed by atoms with Gasteiger partial charge < -0.3 is 10.6 Å². The molecule has 0 spiro atoms. The largest absolute Gasteiger partial charge is 0.352 e. The molecule has 0 bridgehead atoms. The second-order valence-electron chi connectivity index (χ2n) is 5.64. The molecule has 1 aromatic carbocycles. The number of piperidine rings is 1. The Labute approximate surface area is 128 Å². The first-order valence-electron chi connectivity index (χ1n) is 7.12. The molecule has 6 heteroatoms. The first-order valence-corrected chi connectivity index (χ1v) is 7.12.